The standard InChI is InChI=1S/C19H43P/c1-5-9-11-13-15-17-19-20(7-3,8-4)18-16-14-12-10-6-2/h20H,5-19H2,1-4H3. The van der Waals surface area contributed by atoms with E-state index in [0.29, 0.717) is 0 Å². The van der Waals surface area contributed by atoms with Crippen LogP contribution < -0.4 is 0 Å². The Bertz CT molecular complexity index is 184. The molecule has 0 heterocycles. The molecule has 0 N–H and O–H groups in total. The van der Waals surface area contributed by atoms with Gasteiger partial charge in [-0.3, -0.25) is 0 Å². The average Bonchev–Trinajstić information content (AvgIpc) is 2.48. The van der Waals surface area contributed by atoms with Gasteiger partial charge >= 0.3 is 130 Å². The Morgan fingerprint density at radius 3 is 1.15 bits per heavy atom. The molecular weight excluding hydrogens is 259 g/mol. The van der Waals surface area contributed by atoms with E-state index in [4.69, 9.17) is 0 Å². The number of hydrogen-bond donors (Lipinski definition) is 0. The third-order valence-electron chi connectivity index (χ3n) is 5.37. The molecule has 1 heteroatoms. The molecule has 0 amide bonds. The molecule has 0 aromatic heterocycles. The molecule has 0 unspecified atom stereocenters. The molecule has 0 rings (SSSR count). The van der Waals surface area contributed by atoms with Crippen molar-refractivity contribution < 1.29 is 0 Å². The van der Waals surface area contributed by atoms with Crippen molar-refractivity contribution in [3.63, 3.8) is 0 Å². The Morgan fingerprint density at radius 2 is 0.800 bits per heavy atom. The van der Waals surface area contributed by atoms with E-state index >= 15 is 0 Å². The van der Waals surface area contributed by atoms with Crippen LogP contribution in [0.2, 0.25) is 0 Å². The van der Waals surface area contributed by atoms with Crippen LogP contribution >= 0.6 is 7.26 Å². The Balaban J connectivity index is 3.80. The second-order valence-corrected chi connectivity index (χ2v) is 12.3. The SMILES string of the molecule is CCCCCCCC[PH](CC)(CC)CCCCCCC. The Morgan fingerprint density at radius 1 is 0.450 bits per heavy atom. The number of hydrogen-bond acceptors (Lipinski definition) is 0. The van der Waals surface area contributed by atoms with E-state index in [1.807, 2.05) is 0 Å². The summed E-state index contributed by atoms with van der Waals surface area (Å²) in [4.78, 5) is 0. The van der Waals surface area contributed by atoms with Crippen LogP contribution in [0.1, 0.15) is 98.3 Å². The Labute approximate surface area is 130 Å². The topological polar surface area (TPSA) is 0 Å². The van der Waals surface area contributed by atoms with Crippen molar-refractivity contribution >= 4 is 7.26 Å². The molecule has 0 fully saturated rings. The average molecular weight is 303 g/mol. The molecule has 0 radical (unpaired) electrons. The third-order valence-corrected chi connectivity index (χ3v) is 11.2. The molecule has 124 valence electrons. The minimum absolute atomic E-state index is 0.872. The molecule has 0 atom stereocenters. The summed E-state index contributed by atoms with van der Waals surface area (Å²) in [6.07, 6.45) is 22.5. The molecule has 0 bridgehead atoms. The van der Waals surface area contributed by atoms with Crippen LogP contribution in [0.25, 0.3) is 0 Å². The summed E-state index contributed by atoms with van der Waals surface area (Å²) in [5.41, 5.74) is 0. The number of rotatable bonds is 15. The Hall–Kier alpha value is 0.430. The van der Waals surface area contributed by atoms with Crippen LogP contribution in [0.15, 0.2) is 0 Å². The van der Waals surface area contributed by atoms with Gasteiger partial charge < -0.3 is 0 Å². The second-order valence-electron chi connectivity index (χ2n) is 6.89. The monoisotopic (exact) mass is 302 g/mol. The van der Waals surface area contributed by atoms with E-state index in [1.165, 1.54) is 83.0 Å². The minimum atomic E-state index is -0.872. The van der Waals surface area contributed by atoms with Gasteiger partial charge in [-0.2, -0.15) is 0 Å². The fourth-order valence-electron chi connectivity index (χ4n) is 3.47. The van der Waals surface area contributed by atoms with Gasteiger partial charge in [0, 0.05) is 0 Å². The zero-order valence-corrected chi connectivity index (χ0v) is 16.1. The van der Waals surface area contributed by atoms with Crippen LogP contribution in [0.3, 0.4) is 0 Å². The fraction of sp³-hybridized carbons (Fsp3) is 1.00. The van der Waals surface area contributed by atoms with Crippen LogP contribution in [-0.4, -0.2) is 24.6 Å². The first-order valence-corrected chi connectivity index (χ1v) is 12.6. The summed E-state index contributed by atoms with van der Waals surface area (Å²) in [5, 5.41) is 0. The van der Waals surface area contributed by atoms with E-state index in [-0.39, 0.29) is 0 Å². The van der Waals surface area contributed by atoms with Gasteiger partial charge in [0.25, 0.3) is 0 Å². The first-order chi connectivity index (χ1) is 9.74. The molecule has 20 heavy (non-hydrogen) atoms. The predicted octanol–water partition coefficient (Wildman–Crippen LogP) is 7.11. The predicted molar refractivity (Wildman–Crippen MR) is 101 cm³/mol. The van der Waals surface area contributed by atoms with Crippen molar-refractivity contribution in [1.29, 1.82) is 0 Å². The van der Waals surface area contributed by atoms with Crippen LogP contribution in [0, 0.1) is 0 Å². The second kappa shape index (κ2) is 14.4. The first-order valence-electron chi connectivity index (χ1n) is 9.74. The summed E-state index contributed by atoms with van der Waals surface area (Å²) in [5.74, 6) is 0. The summed E-state index contributed by atoms with van der Waals surface area (Å²) in [7, 11) is -0.872. The van der Waals surface area contributed by atoms with E-state index in [9.17, 15) is 0 Å². The van der Waals surface area contributed by atoms with E-state index in [1.54, 1.807) is 12.3 Å². The normalized spacial score (nSPS) is 12.8. The summed E-state index contributed by atoms with van der Waals surface area (Å²) < 4.78 is 0. The summed E-state index contributed by atoms with van der Waals surface area (Å²) in [6, 6.07) is 0. The van der Waals surface area contributed by atoms with E-state index in [0.717, 1.165) is 0 Å². The zero-order valence-electron chi connectivity index (χ0n) is 15.1. The van der Waals surface area contributed by atoms with Crippen molar-refractivity contribution in [3.8, 4) is 0 Å². The summed E-state index contributed by atoms with van der Waals surface area (Å²) >= 11 is 0. The van der Waals surface area contributed by atoms with Gasteiger partial charge in [-0.1, -0.05) is 0 Å². The van der Waals surface area contributed by atoms with Crippen molar-refractivity contribution in [2.24, 2.45) is 0 Å². The molecule has 0 aliphatic heterocycles. The molecule has 0 saturated carbocycles. The first kappa shape index (κ1) is 20.4. The van der Waals surface area contributed by atoms with Crippen LogP contribution in [0.4, 0.5) is 0 Å². The molecule has 0 nitrogen and oxygen atoms in total. The number of unbranched alkanes of at least 4 members (excludes halogenated alkanes) is 9. The summed E-state index contributed by atoms with van der Waals surface area (Å²) in [6.45, 7) is 9.60. The Kier molecular flexibility index (Phi) is 14.7. The van der Waals surface area contributed by atoms with Crippen molar-refractivity contribution in [2.75, 3.05) is 24.6 Å². The zero-order chi connectivity index (χ0) is 15.1. The molecule has 0 aromatic rings. The quantitative estimate of drug-likeness (QED) is 0.223. The van der Waals surface area contributed by atoms with E-state index < -0.39 is 7.26 Å². The third kappa shape index (κ3) is 10.2. The van der Waals surface area contributed by atoms with Gasteiger partial charge in [-0.15, -0.1) is 0 Å². The molecule has 0 aliphatic carbocycles. The molecule has 0 saturated heterocycles. The van der Waals surface area contributed by atoms with Gasteiger partial charge in [-0.05, 0) is 0 Å². The van der Waals surface area contributed by atoms with Crippen molar-refractivity contribution in [2.45, 2.75) is 98.3 Å². The van der Waals surface area contributed by atoms with Gasteiger partial charge in [0.2, 0.25) is 0 Å². The molecular formula is C19H43P. The molecule has 0 spiro atoms. The maximum absolute atomic E-state index is 2.48. The van der Waals surface area contributed by atoms with Gasteiger partial charge in [-0.25, -0.2) is 0 Å². The van der Waals surface area contributed by atoms with Gasteiger partial charge in [0.15, 0.2) is 0 Å². The van der Waals surface area contributed by atoms with E-state index in [2.05, 4.69) is 27.7 Å². The van der Waals surface area contributed by atoms with Crippen molar-refractivity contribution in [1.82, 2.24) is 0 Å². The fourth-order valence-corrected chi connectivity index (χ4v) is 7.63. The van der Waals surface area contributed by atoms with Crippen LogP contribution in [0.5, 0.6) is 0 Å². The maximum atomic E-state index is 2.48. The van der Waals surface area contributed by atoms with Gasteiger partial charge in [0.1, 0.15) is 0 Å². The molecule has 0 aliphatic rings. The van der Waals surface area contributed by atoms with Crippen LogP contribution in [-0.2, 0) is 0 Å². The molecule has 0 aromatic carbocycles. The van der Waals surface area contributed by atoms with Gasteiger partial charge in [0.05, 0.1) is 0 Å². The van der Waals surface area contributed by atoms with Crippen molar-refractivity contribution in [3.05, 3.63) is 0 Å².